The fraction of sp³-hybridized carbons (Fsp3) is 0.400. The van der Waals surface area contributed by atoms with Crippen LogP contribution in [0.2, 0.25) is 0 Å². The van der Waals surface area contributed by atoms with Crippen LogP contribution in [-0.4, -0.2) is 41.5 Å². The van der Waals surface area contributed by atoms with E-state index in [0.29, 0.717) is 23.1 Å². The standard InChI is InChI=1S/C20H24N4O3/c1-3-27-19(26)15-6-4-5-7-16(15)22-18(25)17-8-11-21-20(23-17)24-12-9-14(2)10-13-24/h4-8,11,14H,3,9-10,12-13H2,1-2H3,(H,22,25). The van der Waals surface area contributed by atoms with E-state index < -0.39 is 5.97 Å². The van der Waals surface area contributed by atoms with Crippen molar-refractivity contribution in [1.29, 1.82) is 0 Å². The fourth-order valence-corrected chi connectivity index (χ4v) is 3.00. The van der Waals surface area contributed by atoms with Crippen LogP contribution in [0.4, 0.5) is 11.6 Å². The number of amides is 1. The van der Waals surface area contributed by atoms with Crippen molar-refractivity contribution in [2.75, 3.05) is 29.9 Å². The summed E-state index contributed by atoms with van der Waals surface area (Å²) in [6.07, 6.45) is 3.77. The molecule has 0 saturated carbocycles. The number of nitrogens with zero attached hydrogens (tertiary/aromatic N) is 3. The van der Waals surface area contributed by atoms with Gasteiger partial charge in [0.05, 0.1) is 17.9 Å². The van der Waals surface area contributed by atoms with Crippen LogP contribution < -0.4 is 10.2 Å². The van der Waals surface area contributed by atoms with E-state index in [0.717, 1.165) is 25.9 Å². The zero-order chi connectivity index (χ0) is 19.2. The van der Waals surface area contributed by atoms with E-state index in [1.165, 1.54) is 0 Å². The Hall–Kier alpha value is -2.96. The molecule has 1 aromatic heterocycles. The van der Waals surface area contributed by atoms with Crippen molar-refractivity contribution in [3.05, 3.63) is 47.8 Å². The smallest absolute Gasteiger partial charge is 0.340 e. The van der Waals surface area contributed by atoms with Crippen molar-refractivity contribution in [3.63, 3.8) is 0 Å². The van der Waals surface area contributed by atoms with Gasteiger partial charge in [0, 0.05) is 19.3 Å². The van der Waals surface area contributed by atoms with E-state index in [1.807, 2.05) is 0 Å². The first kappa shape index (κ1) is 18.8. The minimum absolute atomic E-state index is 0.261. The largest absolute Gasteiger partial charge is 0.462 e. The van der Waals surface area contributed by atoms with Gasteiger partial charge < -0.3 is 15.0 Å². The van der Waals surface area contributed by atoms with Crippen molar-refractivity contribution in [2.45, 2.75) is 26.7 Å². The molecule has 0 radical (unpaired) electrons. The van der Waals surface area contributed by atoms with Gasteiger partial charge in [-0.15, -0.1) is 0 Å². The summed E-state index contributed by atoms with van der Waals surface area (Å²) in [7, 11) is 0. The maximum absolute atomic E-state index is 12.7. The summed E-state index contributed by atoms with van der Waals surface area (Å²) in [4.78, 5) is 35.6. The Morgan fingerprint density at radius 1 is 1.22 bits per heavy atom. The molecule has 1 fully saturated rings. The van der Waals surface area contributed by atoms with Gasteiger partial charge >= 0.3 is 5.97 Å². The lowest BCUT2D eigenvalue weighted by atomic mass is 10.00. The Labute approximate surface area is 158 Å². The lowest BCUT2D eigenvalue weighted by Gasteiger charge is -2.30. The molecule has 1 N–H and O–H groups in total. The Morgan fingerprint density at radius 3 is 2.70 bits per heavy atom. The molecule has 27 heavy (non-hydrogen) atoms. The Kier molecular flexibility index (Phi) is 6.01. The summed E-state index contributed by atoms with van der Waals surface area (Å²) in [5, 5.41) is 2.75. The Bertz CT molecular complexity index is 816. The summed E-state index contributed by atoms with van der Waals surface area (Å²) >= 11 is 0. The van der Waals surface area contributed by atoms with E-state index in [-0.39, 0.29) is 18.2 Å². The van der Waals surface area contributed by atoms with Crippen LogP contribution in [0.15, 0.2) is 36.5 Å². The molecule has 7 heteroatoms. The highest BCUT2D eigenvalue weighted by atomic mass is 16.5. The number of benzene rings is 1. The second-order valence-corrected chi connectivity index (χ2v) is 6.63. The van der Waals surface area contributed by atoms with Crippen molar-refractivity contribution in [1.82, 2.24) is 9.97 Å². The van der Waals surface area contributed by atoms with E-state index in [4.69, 9.17) is 4.74 Å². The molecule has 3 rings (SSSR count). The fourth-order valence-electron chi connectivity index (χ4n) is 3.00. The van der Waals surface area contributed by atoms with Crippen LogP contribution >= 0.6 is 0 Å². The number of rotatable bonds is 5. The number of carbonyl (C=O) groups is 2. The lowest BCUT2D eigenvalue weighted by Crippen LogP contribution is -2.34. The van der Waals surface area contributed by atoms with Crippen LogP contribution in [0.3, 0.4) is 0 Å². The number of nitrogens with one attached hydrogen (secondary N) is 1. The number of para-hydroxylation sites is 1. The highest BCUT2D eigenvalue weighted by Crippen LogP contribution is 2.21. The van der Waals surface area contributed by atoms with E-state index in [9.17, 15) is 9.59 Å². The van der Waals surface area contributed by atoms with E-state index in [1.54, 1.807) is 43.5 Å². The molecule has 2 aromatic rings. The first-order valence-corrected chi connectivity index (χ1v) is 9.24. The average molecular weight is 368 g/mol. The van der Waals surface area contributed by atoms with Gasteiger partial charge in [0.15, 0.2) is 0 Å². The quantitative estimate of drug-likeness (QED) is 0.816. The topological polar surface area (TPSA) is 84.4 Å². The van der Waals surface area contributed by atoms with Crippen molar-refractivity contribution >= 4 is 23.5 Å². The number of esters is 1. The van der Waals surface area contributed by atoms with Crippen molar-refractivity contribution in [3.8, 4) is 0 Å². The molecule has 0 bridgehead atoms. The second-order valence-electron chi connectivity index (χ2n) is 6.63. The predicted octanol–water partition coefficient (Wildman–Crippen LogP) is 3.14. The molecule has 1 aliphatic rings. The third-order valence-corrected chi connectivity index (χ3v) is 4.61. The van der Waals surface area contributed by atoms with Gasteiger partial charge in [-0.25, -0.2) is 14.8 Å². The van der Waals surface area contributed by atoms with E-state index in [2.05, 4.69) is 27.1 Å². The van der Waals surface area contributed by atoms with Crippen LogP contribution in [0.1, 0.15) is 47.5 Å². The van der Waals surface area contributed by atoms with Crippen LogP contribution in [0.25, 0.3) is 0 Å². The zero-order valence-corrected chi connectivity index (χ0v) is 15.6. The summed E-state index contributed by atoms with van der Waals surface area (Å²) in [6, 6.07) is 8.32. The minimum Gasteiger partial charge on any atom is -0.462 e. The molecule has 1 amide bonds. The average Bonchev–Trinajstić information content (AvgIpc) is 2.69. The number of aromatic nitrogens is 2. The number of hydrogen-bond donors (Lipinski definition) is 1. The van der Waals surface area contributed by atoms with Gasteiger partial charge in [0.1, 0.15) is 5.69 Å². The van der Waals surface area contributed by atoms with Gasteiger partial charge in [0.2, 0.25) is 5.95 Å². The Balaban J connectivity index is 1.76. The number of carbonyl (C=O) groups excluding carboxylic acids is 2. The zero-order valence-electron chi connectivity index (χ0n) is 15.6. The third-order valence-electron chi connectivity index (χ3n) is 4.61. The molecule has 7 nitrogen and oxygen atoms in total. The molecule has 2 heterocycles. The minimum atomic E-state index is -0.473. The first-order chi connectivity index (χ1) is 13.1. The van der Waals surface area contributed by atoms with Crippen LogP contribution in [0.5, 0.6) is 0 Å². The summed E-state index contributed by atoms with van der Waals surface area (Å²) < 4.78 is 5.04. The molecule has 1 saturated heterocycles. The molecule has 142 valence electrons. The SMILES string of the molecule is CCOC(=O)c1ccccc1NC(=O)c1ccnc(N2CCC(C)CC2)n1. The van der Waals surface area contributed by atoms with Crippen molar-refractivity contribution < 1.29 is 14.3 Å². The van der Waals surface area contributed by atoms with Gasteiger partial charge in [-0.05, 0) is 43.9 Å². The summed E-state index contributed by atoms with van der Waals surface area (Å²) in [5.74, 6) is 0.403. The normalized spacial score (nSPS) is 14.7. The lowest BCUT2D eigenvalue weighted by molar-refractivity contribution is 0.0527. The summed E-state index contributed by atoms with van der Waals surface area (Å²) in [6.45, 7) is 6.02. The second kappa shape index (κ2) is 8.62. The monoisotopic (exact) mass is 368 g/mol. The number of piperidine rings is 1. The van der Waals surface area contributed by atoms with Crippen molar-refractivity contribution in [2.24, 2.45) is 5.92 Å². The maximum atomic E-state index is 12.7. The van der Waals surface area contributed by atoms with Gasteiger partial charge in [-0.1, -0.05) is 19.1 Å². The van der Waals surface area contributed by atoms with Gasteiger partial charge in [-0.3, -0.25) is 4.79 Å². The number of hydrogen-bond acceptors (Lipinski definition) is 6. The maximum Gasteiger partial charge on any atom is 0.340 e. The van der Waals surface area contributed by atoms with Gasteiger partial charge in [0.25, 0.3) is 5.91 Å². The number of ether oxygens (including phenoxy) is 1. The summed E-state index contributed by atoms with van der Waals surface area (Å²) in [5.41, 5.74) is 0.970. The number of anilines is 2. The molecule has 0 aliphatic carbocycles. The highest BCUT2D eigenvalue weighted by molar-refractivity contribution is 6.07. The van der Waals surface area contributed by atoms with E-state index >= 15 is 0 Å². The van der Waals surface area contributed by atoms with Crippen LogP contribution in [-0.2, 0) is 4.74 Å². The Morgan fingerprint density at radius 2 is 1.96 bits per heavy atom. The molecule has 0 atom stereocenters. The molecule has 1 aromatic carbocycles. The van der Waals surface area contributed by atoms with Gasteiger partial charge in [-0.2, -0.15) is 0 Å². The molecular formula is C20H24N4O3. The third kappa shape index (κ3) is 4.61. The molecular weight excluding hydrogens is 344 g/mol. The highest BCUT2D eigenvalue weighted by Gasteiger charge is 2.20. The predicted molar refractivity (Wildman–Crippen MR) is 103 cm³/mol. The molecule has 0 spiro atoms. The molecule has 1 aliphatic heterocycles. The first-order valence-electron chi connectivity index (χ1n) is 9.24. The van der Waals surface area contributed by atoms with Crippen LogP contribution in [0, 0.1) is 5.92 Å². The molecule has 0 unspecified atom stereocenters.